The summed E-state index contributed by atoms with van der Waals surface area (Å²) in [5.74, 6) is -1.08. The summed E-state index contributed by atoms with van der Waals surface area (Å²) in [5.41, 5.74) is -1.38. The summed E-state index contributed by atoms with van der Waals surface area (Å²) < 4.78 is 38.6. The lowest BCUT2D eigenvalue weighted by atomic mass is 10.1. The normalized spacial score (nSPS) is 15.4. The van der Waals surface area contributed by atoms with Crippen LogP contribution in [0, 0.1) is 11.3 Å². The summed E-state index contributed by atoms with van der Waals surface area (Å²) in [6.07, 6.45) is -4.49. The van der Waals surface area contributed by atoms with Crippen molar-refractivity contribution < 1.29 is 22.8 Å². The zero-order chi connectivity index (χ0) is 17.9. The van der Waals surface area contributed by atoms with Crippen LogP contribution >= 0.6 is 11.6 Å². The summed E-state index contributed by atoms with van der Waals surface area (Å²) in [5, 5.41) is 7.86. The Morgan fingerprint density at radius 3 is 2.62 bits per heavy atom. The van der Waals surface area contributed by atoms with E-state index >= 15 is 0 Å². The van der Waals surface area contributed by atoms with Gasteiger partial charge >= 0.3 is 6.18 Å². The lowest BCUT2D eigenvalue weighted by molar-refractivity contribution is -0.137. The molecule has 2 amide bonds. The zero-order valence-corrected chi connectivity index (χ0v) is 13.2. The number of carbonyl (C=O) groups is 2. The van der Waals surface area contributed by atoms with Crippen molar-refractivity contribution in [2.24, 2.45) is 0 Å². The second-order valence-electron chi connectivity index (χ2n) is 5.18. The Morgan fingerprint density at radius 2 is 2.04 bits per heavy atom. The molecule has 1 aliphatic rings. The number of halogens is 4. The molecule has 0 atom stereocenters. The summed E-state index contributed by atoms with van der Waals surface area (Å²) in [7, 11) is 0. The fourth-order valence-electron chi connectivity index (χ4n) is 2.39. The van der Waals surface area contributed by atoms with E-state index in [1.807, 2.05) is 6.07 Å². The first kappa shape index (κ1) is 18.1. The fourth-order valence-corrected chi connectivity index (χ4v) is 2.70. The van der Waals surface area contributed by atoms with Crippen LogP contribution in [0.5, 0.6) is 0 Å². The lowest BCUT2D eigenvalue weighted by Gasteiger charge is -2.34. The van der Waals surface area contributed by atoms with Crippen LogP contribution in [0.1, 0.15) is 22.3 Å². The molecule has 5 nitrogen and oxygen atoms in total. The molecular formula is C15H13ClF3N3O2. The Labute approximate surface area is 141 Å². The quantitative estimate of drug-likeness (QED) is 0.833. The van der Waals surface area contributed by atoms with Crippen molar-refractivity contribution >= 4 is 23.4 Å². The van der Waals surface area contributed by atoms with E-state index in [9.17, 15) is 22.8 Å². The van der Waals surface area contributed by atoms with Gasteiger partial charge < -0.3 is 9.80 Å². The number of rotatable bonds is 3. The topological polar surface area (TPSA) is 64.4 Å². The van der Waals surface area contributed by atoms with E-state index in [1.54, 1.807) is 0 Å². The van der Waals surface area contributed by atoms with E-state index < -0.39 is 22.7 Å². The van der Waals surface area contributed by atoms with Gasteiger partial charge in [0.2, 0.25) is 5.91 Å². The summed E-state index contributed by atoms with van der Waals surface area (Å²) >= 11 is 5.74. The molecule has 1 heterocycles. The number of alkyl halides is 3. The molecule has 1 aromatic carbocycles. The van der Waals surface area contributed by atoms with Crippen molar-refractivity contribution in [3.63, 3.8) is 0 Å². The molecule has 1 fully saturated rings. The maximum atomic E-state index is 12.9. The molecule has 2 rings (SSSR count). The maximum Gasteiger partial charge on any atom is 0.417 e. The van der Waals surface area contributed by atoms with Gasteiger partial charge in [-0.15, -0.1) is 0 Å². The van der Waals surface area contributed by atoms with E-state index in [-0.39, 0.29) is 44.1 Å². The second kappa shape index (κ2) is 7.09. The Balaban J connectivity index is 2.17. The Hall–Kier alpha value is -2.27. The first-order valence-electron chi connectivity index (χ1n) is 7.05. The van der Waals surface area contributed by atoms with E-state index in [4.69, 9.17) is 16.9 Å². The average Bonchev–Trinajstić information content (AvgIpc) is 2.52. The van der Waals surface area contributed by atoms with Crippen LogP contribution in [0.15, 0.2) is 18.2 Å². The van der Waals surface area contributed by atoms with Gasteiger partial charge in [-0.05, 0) is 12.1 Å². The number of hydrogen-bond acceptors (Lipinski definition) is 3. The average molecular weight is 360 g/mol. The highest BCUT2D eigenvalue weighted by Gasteiger charge is 2.36. The molecule has 0 unspecified atom stereocenters. The molecule has 1 saturated heterocycles. The molecule has 1 aromatic rings. The van der Waals surface area contributed by atoms with Crippen molar-refractivity contribution in [1.82, 2.24) is 9.80 Å². The predicted octanol–water partition coefficient (Wildman–Crippen LogP) is 2.56. The van der Waals surface area contributed by atoms with Crippen LogP contribution in [0.2, 0.25) is 5.02 Å². The molecule has 9 heteroatoms. The van der Waals surface area contributed by atoms with Crippen LogP contribution in [0.25, 0.3) is 0 Å². The third-order valence-corrected chi connectivity index (χ3v) is 4.04. The monoisotopic (exact) mass is 359 g/mol. The minimum absolute atomic E-state index is 0.169. The van der Waals surface area contributed by atoms with Gasteiger partial charge in [0.25, 0.3) is 5.91 Å². The minimum atomic E-state index is -4.67. The van der Waals surface area contributed by atoms with Gasteiger partial charge in [0.05, 0.1) is 28.6 Å². The lowest BCUT2D eigenvalue weighted by Crippen LogP contribution is -2.52. The first-order chi connectivity index (χ1) is 11.3. The molecule has 0 aromatic heterocycles. The van der Waals surface area contributed by atoms with E-state index in [0.717, 1.165) is 17.0 Å². The van der Waals surface area contributed by atoms with E-state index in [1.165, 1.54) is 11.0 Å². The first-order valence-corrected chi connectivity index (χ1v) is 7.43. The Kier molecular flexibility index (Phi) is 5.34. The maximum absolute atomic E-state index is 12.9. The van der Waals surface area contributed by atoms with Crippen LogP contribution in [-0.2, 0) is 11.0 Å². The highest BCUT2D eigenvalue weighted by atomic mass is 35.5. The molecule has 0 aliphatic carbocycles. The Bertz CT molecular complexity index is 700. The van der Waals surface area contributed by atoms with Gasteiger partial charge in [0.15, 0.2) is 0 Å². The third-order valence-electron chi connectivity index (χ3n) is 3.63. The standard InChI is InChI=1S/C15H13ClF3N3O2/c16-13-10(3-1-4-11(13)15(17,18)19)14(24)22-8-7-21(6-2-5-20)12(23)9-22/h1,3-4H,2,6-9H2. The van der Waals surface area contributed by atoms with Crippen molar-refractivity contribution in [3.05, 3.63) is 34.3 Å². The molecule has 1 aliphatic heterocycles. The van der Waals surface area contributed by atoms with Gasteiger partial charge in [-0.25, -0.2) is 0 Å². The van der Waals surface area contributed by atoms with Crippen molar-refractivity contribution in [1.29, 1.82) is 5.26 Å². The molecule has 24 heavy (non-hydrogen) atoms. The van der Waals surface area contributed by atoms with Crippen LogP contribution < -0.4 is 0 Å². The van der Waals surface area contributed by atoms with Gasteiger partial charge in [-0.2, -0.15) is 18.4 Å². The molecular weight excluding hydrogens is 347 g/mol. The Morgan fingerprint density at radius 1 is 1.33 bits per heavy atom. The van der Waals surface area contributed by atoms with Crippen molar-refractivity contribution in [3.8, 4) is 6.07 Å². The highest BCUT2D eigenvalue weighted by Crippen LogP contribution is 2.36. The molecule has 128 valence electrons. The number of nitriles is 1. The fraction of sp³-hybridized carbons (Fsp3) is 0.400. The summed E-state index contributed by atoms with van der Waals surface area (Å²) in [4.78, 5) is 27.0. The second-order valence-corrected chi connectivity index (χ2v) is 5.56. The van der Waals surface area contributed by atoms with Crippen LogP contribution in [0.3, 0.4) is 0 Å². The van der Waals surface area contributed by atoms with Gasteiger partial charge in [0, 0.05) is 19.6 Å². The predicted molar refractivity (Wildman–Crippen MR) is 79.2 cm³/mol. The number of carbonyl (C=O) groups excluding carboxylic acids is 2. The van der Waals surface area contributed by atoms with Gasteiger partial charge in [-0.1, -0.05) is 17.7 Å². The van der Waals surface area contributed by atoms with E-state index in [0.29, 0.717) is 0 Å². The van der Waals surface area contributed by atoms with Crippen molar-refractivity contribution in [2.75, 3.05) is 26.2 Å². The zero-order valence-electron chi connectivity index (χ0n) is 12.4. The number of nitrogens with zero attached hydrogens (tertiary/aromatic N) is 3. The SMILES string of the molecule is N#CCCN1CCN(C(=O)c2cccc(C(F)(F)F)c2Cl)CC1=O. The third kappa shape index (κ3) is 3.79. The largest absolute Gasteiger partial charge is 0.417 e. The summed E-state index contributed by atoms with van der Waals surface area (Å²) in [6, 6.07) is 5.03. The summed E-state index contributed by atoms with van der Waals surface area (Å²) in [6.45, 7) is 0.407. The number of piperazine rings is 1. The number of benzene rings is 1. The van der Waals surface area contributed by atoms with Crippen molar-refractivity contribution in [2.45, 2.75) is 12.6 Å². The molecule has 0 saturated carbocycles. The minimum Gasteiger partial charge on any atom is -0.338 e. The molecule has 0 bridgehead atoms. The van der Waals surface area contributed by atoms with Gasteiger partial charge in [-0.3, -0.25) is 9.59 Å². The van der Waals surface area contributed by atoms with Crippen LogP contribution in [0.4, 0.5) is 13.2 Å². The van der Waals surface area contributed by atoms with Crippen LogP contribution in [-0.4, -0.2) is 47.8 Å². The highest BCUT2D eigenvalue weighted by molar-refractivity contribution is 6.34. The number of hydrogen-bond donors (Lipinski definition) is 0. The molecule has 0 N–H and O–H groups in total. The van der Waals surface area contributed by atoms with Gasteiger partial charge in [0.1, 0.15) is 6.54 Å². The van der Waals surface area contributed by atoms with E-state index in [2.05, 4.69) is 0 Å². The molecule has 0 radical (unpaired) electrons. The molecule has 0 spiro atoms. The number of amides is 2. The smallest absolute Gasteiger partial charge is 0.338 e.